The van der Waals surface area contributed by atoms with Crippen LogP contribution in [0.25, 0.3) is 0 Å². The number of hydrogen-bond donors (Lipinski definition) is 0. The van der Waals surface area contributed by atoms with E-state index >= 15 is 0 Å². The normalized spacial score (nSPS) is 11.7. The fourth-order valence-electron chi connectivity index (χ4n) is 2.28. The van der Waals surface area contributed by atoms with Gasteiger partial charge in [0, 0.05) is 19.8 Å². The van der Waals surface area contributed by atoms with Crippen LogP contribution in [0.3, 0.4) is 0 Å². The van der Waals surface area contributed by atoms with E-state index in [9.17, 15) is 14.0 Å². The van der Waals surface area contributed by atoms with E-state index in [2.05, 4.69) is 4.98 Å². The Kier molecular flexibility index (Phi) is 6.52. The summed E-state index contributed by atoms with van der Waals surface area (Å²) in [6.07, 6.45) is 2.44. The second kappa shape index (κ2) is 8.62. The van der Waals surface area contributed by atoms with Crippen molar-refractivity contribution in [2.45, 2.75) is 24.6 Å². The largest absolute Gasteiger partial charge is 0.449 e. The maximum Gasteiger partial charge on any atom is 0.341 e. The number of amides is 1. The smallest absolute Gasteiger partial charge is 0.341 e. The maximum absolute atomic E-state index is 13.2. The summed E-state index contributed by atoms with van der Waals surface area (Å²) in [4.78, 5) is 30.2. The molecule has 1 amide bonds. The zero-order chi connectivity index (χ0) is 18.4. The van der Waals surface area contributed by atoms with Crippen molar-refractivity contribution < 1.29 is 18.7 Å². The van der Waals surface area contributed by atoms with Gasteiger partial charge in [0.05, 0.1) is 5.56 Å². The van der Waals surface area contributed by atoms with Crippen LogP contribution in [0, 0.1) is 5.82 Å². The van der Waals surface area contributed by atoms with E-state index in [4.69, 9.17) is 4.74 Å². The van der Waals surface area contributed by atoms with Crippen LogP contribution in [0.4, 0.5) is 4.39 Å². The van der Waals surface area contributed by atoms with Crippen LogP contribution < -0.4 is 0 Å². The van der Waals surface area contributed by atoms with E-state index in [-0.39, 0.29) is 18.3 Å². The molecule has 0 saturated carbocycles. The van der Waals surface area contributed by atoms with Crippen molar-refractivity contribution >= 4 is 23.6 Å². The molecular formula is C18H19FN2O3S. The fourth-order valence-corrected chi connectivity index (χ4v) is 2.82. The summed E-state index contributed by atoms with van der Waals surface area (Å²) >= 11 is 1.33. The number of pyridine rings is 1. The lowest BCUT2D eigenvalue weighted by molar-refractivity contribution is -0.139. The van der Waals surface area contributed by atoms with Gasteiger partial charge >= 0.3 is 5.97 Å². The predicted molar refractivity (Wildman–Crippen MR) is 93.8 cm³/mol. The first-order chi connectivity index (χ1) is 11.9. The van der Waals surface area contributed by atoms with Crippen molar-refractivity contribution in [1.29, 1.82) is 0 Å². The van der Waals surface area contributed by atoms with E-state index in [1.54, 1.807) is 43.8 Å². The summed E-state index contributed by atoms with van der Waals surface area (Å²) in [5.74, 6) is -1.33. The van der Waals surface area contributed by atoms with Crippen molar-refractivity contribution in [2.75, 3.05) is 13.3 Å². The number of hydrogen-bond acceptors (Lipinski definition) is 5. The molecular weight excluding hydrogens is 343 g/mol. The third kappa shape index (κ3) is 5.03. The van der Waals surface area contributed by atoms with Crippen molar-refractivity contribution in [1.82, 2.24) is 9.88 Å². The monoisotopic (exact) mass is 362 g/mol. The second-order valence-electron chi connectivity index (χ2n) is 5.43. The Labute approximate surface area is 150 Å². The molecule has 0 radical (unpaired) electrons. The summed E-state index contributed by atoms with van der Waals surface area (Å²) in [6, 6.07) is 9.25. The molecule has 0 saturated heterocycles. The van der Waals surface area contributed by atoms with Crippen LogP contribution in [0.15, 0.2) is 47.6 Å². The zero-order valence-electron chi connectivity index (χ0n) is 14.2. The van der Waals surface area contributed by atoms with Gasteiger partial charge in [0.2, 0.25) is 0 Å². The summed E-state index contributed by atoms with van der Waals surface area (Å²) in [5, 5.41) is 0.542. The molecule has 132 valence electrons. The van der Waals surface area contributed by atoms with Gasteiger partial charge in [-0.1, -0.05) is 12.1 Å². The second-order valence-corrected chi connectivity index (χ2v) is 6.23. The molecule has 25 heavy (non-hydrogen) atoms. The molecule has 1 aromatic carbocycles. The van der Waals surface area contributed by atoms with Gasteiger partial charge in [0.1, 0.15) is 10.8 Å². The molecule has 0 aliphatic heterocycles. The van der Waals surface area contributed by atoms with Gasteiger partial charge in [-0.25, -0.2) is 14.2 Å². The first-order valence-corrected chi connectivity index (χ1v) is 8.84. The van der Waals surface area contributed by atoms with Crippen LogP contribution in [-0.2, 0) is 16.1 Å². The van der Waals surface area contributed by atoms with Crippen molar-refractivity contribution in [3.05, 3.63) is 59.5 Å². The molecule has 1 heterocycles. The molecule has 0 aliphatic rings. The quantitative estimate of drug-likeness (QED) is 0.584. The Morgan fingerprint density at radius 3 is 2.76 bits per heavy atom. The lowest BCUT2D eigenvalue weighted by Crippen LogP contribution is -2.37. The molecule has 2 aromatic rings. The van der Waals surface area contributed by atoms with E-state index in [0.29, 0.717) is 16.2 Å². The molecule has 0 bridgehead atoms. The highest BCUT2D eigenvalue weighted by Gasteiger charge is 2.23. The zero-order valence-corrected chi connectivity index (χ0v) is 15.0. The van der Waals surface area contributed by atoms with Crippen LogP contribution >= 0.6 is 11.8 Å². The Morgan fingerprint density at radius 2 is 2.08 bits per heavy atom. The number of aromatic nitrogens is 1. The third-order valence-electron chi connectivity index (χ3n) is 3.50. The van der Waals surface area contributed by atoms with Gasteiger partial charge in [-0.05, 0) is 43.0 Å². The molecule has 7 heteroatoms. The van der Waals surface area contributed by atoms with Crippen molar-refractivity contribution in [3.8, 4) is 0 Å². The first-order valence-electron chi connectivity index (χ1n) is 7.61. The van der Waals surface area contributed by atoms with Gasteiger partial charge in [0.25, 0.3) is 5.91 Å². The number of esters is 1. The Morgan fingerprint density at radius 1 is 1.32 bits per heavy atom. The summed E-state index contributed by atoms with van der Waals surface area (Å²) in [6.45, 7) is 1.73. The Hall–Kier alpha value is -2.41. The number of rotatable bonds is 6. The molecule has 0 spiro atoms. The number of likely N-dealkylation sites (N-methyl/N-ethyl adjacent to an activating group) is 1. The highest BCUT2D eigenvalue weighted by Crippen LogP contribution is 2.18. The minimum absolute atomic E-state index is 0.224. The highest BCUT2D eigenvalue weighted by atomic mass is 32.2. The van der Waals surface area contributed by atoms with Gasteiger partial charge in [0.15, 0.2) is 6.10 Å². The molecule has 5 nitrogen and oxygen atoms in total. The van der Waals surface area contributed by atoms with Crippen LogP contribution in [0.2, 0.25) is 0 Å². The molecule has 1 aromatic heterocycles. The maximum atomic E-state index is 13.2. The third-order valence-corrected chi connectivity index (χ3v) is 4.21. The summed E-state index contributed by atoms with van der Waals surface area (Å²) < 4.78 is 18.5. The van der Waals surface area contributed by atoms with Crippen LogP contribution in [-0.4, -0.2) is 41.2 Å². The molecule has 0 unspecified atom stereocenters. The molecule has 2 rings (SSSR count). The van der Waals surface area contributed by atoms with Crippen molar-refractivity contribution in [3.63, 3.8) is 0 Å². The lowest BCUT2D eigenvalue weighted by Gasteiger charge is -2.21. The minimum Gasteiger partial charge on any atom is -0.449 e. The minimum atomic E-state index is -0.957. The van der Waals surface area contributed by atoms with E-state index < -0.39 is 12.1 Å². The molecule has 1 atom stereocenters. The van der Waals surface area contributed by atoms with Crippen LogP contribution in [0.5, 0.6) is 0 Å². The predicted octanol–water partition coefficient (Wildman–Crippen LogP) is 3.15. The average molecular weight is 362 g/mol. The molecule has 0 N–H and O–H groups in total. The van der Waals surface area contributed by atoms with E-state index in [0.717, 1.165) is 0 Å². The number of benzene rings is 1. The van der Waals surface area contributed by atoms with Gasteiger partial charge in [-0.3, -0.25) is 4.79 Å². The summed E-state index contributed by atoms with van der Waals surface area (Å²) in [7, 11) is 1.58. The standard InChI is InChI=1S/C18H19FN2O3S/c1-12(24-18(23)15-8-5-9-20-16(15)25-3)17(22)21(2)11-13-6-4-7-14(19)10-13/h4-10,12H,11H2,1-3H3/t12-/m0/s1. The Balaban J connectivity index is 2.00. The van der Waals surface area contributed by atoms with E-state index in [1.807, 2.05) is 0 Å². The highest BCUT2D eigenvalue weighted by molar-refractivity contribution is 7.98. The SMILES string of the molecule is CSc1ncccc1C(=O)O[C@@H](C)C(=O)N(C)Cc1cccc(F)c1. The number of ether oxygens (including phenoxy) is 1. The number of carbonyl (C=O) groups is 2. The fraction of sp³-hybridized carbons (Fsp3) is 0.278. The number of carbonyl (C=O) groups excluding carboxylic acids is 2. The summed E-state index contributed by atoms with van der Waals surface area (Å²) in [5.41, 5.74) is 0.980. The van der Waals surface area contributed by atoms with Crippen molar-refractivity contribution in [2.24, 2.45) is 0 Å². The molecule has 0 aliphatic carbocycles. The van der Waals surface area contributed by atoms with Crippen LogP contribution in [0.1, 0.15) is 22.8 Å². The number of thioether (sulfide) groups is 1. The number of nitrogens with zero attached hydrogens (tertiary/aromatic N) is 2. The number of halogens is 1. The Bertz CT molecular complexity index is 769. The van der Waals surface area contributed by atoms with E-state index in [1.165, 1.54) is 35.7 Å². The van der Waals surface area contributed by atoms with Gasteiger partial charge in [-0.15, -0.1) is 11.8 Å². The topological polar surface area (TPSA) is 59.5 Å². The lowest BCUT2D eigenvalue weighted by atomic mass is 10.2. The first kappa shape index (κ1) is 18.9. The van der Waals surface area contributed by atoms with Gasteiger partial charge < -0.3 is 9.64 Å². The molecule has 0 fully saturated rings. The van der Waals surface area contributed by atoms with Gasteiger partial charge in [-0.2, -0.15) is 0 Å². The average Bonchev–Trinajstić information content (AvgIpc) is 2.60.